The van der Waals surface area contributed by atoms with Gasteiger partial charge in [-0.1, -0.05) is 34.1 Å². The van der Waals surface area contributed by atoms with Gasteiger partial charge in [-0.25, -0.2) is 0 Å². The molecule has 0 spiro atoms. The summed E-state index contributed by atoms with van der Waals surface area (Å²) < 4.78 is 0. The molecule has 0 fully saturated rings. The van der Waals surface area contributed by atoms with Crippen LogP contribution in [-0.2, 0) is 6.42 Å². The monoisotopic (exact) mass is 238 g/mol. The second kappa shape index (κ2) is 5.21. The summed E-state index contributed by atoms with van der Waals surface area (Å²) in [7, 11) is 0. The van der Waals surface area contributed by atoms with Crippen molar-refractivity contribution >= 4 is 11.6 Å². The van der Waals surface area contributed by atoms with Gasteiger partial charge < -0.3 is 11.1 Å². The highest BCUT2D eigenvalue weighted by atomic mass is 16.1. The molecule has 0 saturated heterocycles. The predicted octanol–water partition coefficient (Wildman–Crippen LogP) is 1.72. The summed E-state index contributed by atoms with van der Waals surface area (Å²) in [6.07, 6.45) is 1.78. The fourth-order valence-corrected chi connectivity index (χ4v) is 1.43. The van der Waals surface area contributed by atoms with E-state index in [9.17, 15) is 4.79 Å². The maximum Gasteiger partial charge on any atom is 0.273 e. The van der Waals surface area contributed by atoms with Crippen LogP contribution in [0.3, 0.4) is 0 Å². The van der Waals surface area contributed by atoms with E-state index in [-0.39, 0.29) is 11.3 Å². The molecular weight excluding hydrogens is 216 g/mol. The van der Waals surface area contributed by atoms with Crippen LogP contribution in [0.2, 0.25) is 0 Å². The number of nitrogen functional groups attached to an aromatic ring is 1. The summed E-state index contributed by atoms with van der Waals surface area (Å²) in [5, 5.41) is 9.62. The molecule has 0 radical (unpaired) electrons. The van der Waals surface area contributed by atoms with Gasteiger partial charge in [-0.05, 0) is 11.8 Å². The van der Waals surface area contributed by atoms with Gasteiger partial charge in [0, 0.05) is 6.54 Å². The molecule has 0 aliphatic heterocycles. The van der Waals surface area contributed by atoms with Crippen LogP contribution in [0.4, 0.5) is 5.69 Å². The lowest BCUT2D eigenvalue weighted by atomic mass is 9.97. The molecule has 96 valence electrons. The van der Waals surface area contributed by atoms with Crippen LogP contribution in [0.5, 0.6) is 0 Å². The number of aromatic amines is 1. The summed E-state index contributed by atoms with van der Waals surface area (Å²) in [6.45, 7) is 8.83. The minimum absolute atomic E-state index is 0.0486. The number of rotatable bonds is 4. The fraction of sp³-hybridized carbons (Fsp3) is 0.667. The van der Waals surface area contributed by atoms with Gasteiger partial charge in [0.05, 0.1) is 11.4 Å². The Labute approximate surface area is 102 Å². The molecule has 1 amide bonds. The molecule has 0 atom stereocenters. The van der Waals surface area contributed by atoms with Gasteiger partial charge in [0.2, 0.25) is 0 Å². The minimum atomic E-state index is -0.212. The van der Waals surface area contributed by atoms with Gasteiger partial charge in [0.25, 0.3) is 5.91 Å². The van der Waals surface area contributed by atoms with E-state index in [4.69, 9.17) is 5.73 Å². The number of H-pyrrole nitrogens is 1. The Kier molecular flexibility index (Phi) is 4.15. The van der Waals surface area contributed by atoms with E-state index >= 15 is 0 Å². The zero-order valence-corrected chi connectivity index (χ0v) is 11.1. The zero-order valence-electron chi connectivity index (χ0n) is 11.1. The van der Waals surface area contributed by atoms with Gasteiger partial charge >= 0.3 is 0 Å². The van der Waals surface area contributed by atoms with Gasteiger partial charge in [-0.3, -0.25) is 9.89 Å². The molecule has 1 aromatic heterocycles. The number of carbonyl (C=O) groups is 1. The Morgan fingerprint density at radius 3 is 2.65 bits per heavy atom. The molecule has 1 aromatic rings. The molecule has 0 bridgehead atoms. The van der Waals surface area contributed by atoms with Crippen molar-refractivity contribution in [3.63, 3.8) is 0 Å². The third-order valence-corrected chi connectivity index (χ3v) is 2.38. The predicted molar refractivity (Wildman–Crippen MR) is 68.8 cm³/mol. The topological polar surface area (TPSA) is 83.8 Å². The smallest absolute Gasteiger partial charge is 0.273 e. The average Bonchev–Trinajstić information content (AvgIpc) is 2.57. The van der Waals surface area contributed by atoms with E-state index in [1.165, 1.54) is 0 Å². The van der Waals surface area contributed by atoms with Crippen LogP contribution in [0.1, 0.15) is 50.3 Å². The van der Waals surface area contributed by atoms with Crippen molar-refractivity contribution in [3.05, 3.63) is 11.4 Å². The number of nitrogens with two attached hydrogens (primary N) is 1. The number of nitrogens with zero attached hydrogens (tertiary/aromatic N) is 1. The number of anilines is 1. The minimum Gasteiger partial charge on any atom is -0.395 e. The molecule has 1 rings (SSSR count). The first kappa shape index (κ1) is 13.5. The normalized spacial score (nSPS) is 11.5. The SMILES string of the molecule is CCCc1[nH]nc(C(=O)NCC(C)(C)C)c1N. The van der Waals surface area contributed by atoms with Crippen LogP contribution < -0.4 is 11.1 Å². The number of nitrogens with one attached hydrogen (secondary N) is 2. The van der Waals surface area contributed by atoms with Crippen molar-refractivity contribution in [3.8, 4) is 0 Å². The van der Waals surface area contributed by atoms with Crippen LogP contribution in [0.15, 0.2) is 0 Å². The highest BCUT2D eigenvalue weighted by molar-refractivity contribution is 5.97. The molecule has 4 N–H and O–H groups in total. The van der Waals surface area contributed by atoms with Gasteiger partial charge in [-0.15, -0.1) is 0 Å². The van der Waals surface area contributed by atoms with E-state index in [0.29, 0.717) is 17.9 Å². The lowest BCUT2D eigenvalue weighted by Crippen LogP contribution is -2.32. The Balaban J connectivity index is 2.70. The first-order valence-corrected chi connectivity index (χ1v) is 5.96. The molecular formula is C12H22N4O. The highest BCUT2D eigenvalue weighted by Crippen LogP contribution is 2.16. The number of carbonyl (C=O) groups excluding carboxylic acids is 1. The quantitative estimate of drug-likeness (QED) is 0.746. The Bertz CT molecular complexity index is 390. The van der Waals surface area contributed by atoms with Gasteiger partial charge in [0.1, 0.15) is 0 Å². The van der Waals surface area contributed by atoms with Crippen LogP contribution in [-0.4, -0.2) is 22.6 Å². The third kappa shape index (κ3) is 3.76. The van der Waals surface area contributed by atoms with Crippen molar-refractivity contribution in [1.82, 2.24) is 15.5 Å². The van der Waals surface area contributed by atoms with Crippen LogP contribution >= 0.6 is 0 Å². The maximum absolute atomic E-state index is 11.9. The molecule has 0 aliphatic rings. The number of amides is 1. The number of hydrogen-bond acceptors (Lipinski definition) is 3. The third-order valence-electron chi connectivity index (χ3n) is 2.38. The van der Waals surface area contributed by atoms with Crippen molar-refractivity contribution in [2.45, 2.75) is 40.5 Å². The standard InChI is InChI=1S/C12H22N4O/c1-5-6-8-9(13)10(16-15-8)11(17)14-7-12(2,3)4/h5-7,13H2,1-4H3,(H,14,17)(H,15,16). The molecule has 0 aliphatic carbocycles. The second-order valence-electron chi connectivity index (χ2n) is 5.46. The molecule has 1 heterocycles. The summed E-state index contributed by atoms with van der Waals surface area (Å²) in [6, 6.07) is 0. The number of aromatic nitrogens is 2. The number of aryl methyl sites for hydroxylation is 1. The second-order valence-corrected chi connectivity index (χ2v) is 5.46. The highest BCUT2D eigenvalue weighted by Gasteiger charge is 2.18. The van der Waals surface area contributed by atoms with E-state index in [1.54, 1.807) is 0 Å². The van der Waals surface area contributed by atoms with E-state index in [1.807, 2.05) is 0 Å². The maximum atomic E-state index is 11.9. The van der Waals surface area contributed by atoms with Crippen molar-refractivity contribution < 1.29 is 4.79 Å². The lowest BCUT2D eigenvalue weighted by Gasteiger charge is -2.18. The van der Waals surface area contributed by atoms with E-state index in [2.05, 4.69) is 43.2 Å². The summed E-state index contributed by atoms with van der Waals surface area (Å²) >= 11 is 0. The van der Waals surface area contributed by atoms with E-state index in [0.717, 1.165) is 18.5 Å². The zero-order chi connectivity index (χ0) is 13.1. The fourth-order valence-electron chi connectivity index (χ4n) is 1.43. The van der Waals surface area contributed by atoms with E-state index < -0.39 is 0 Å². The summed E-state index contributed by atoms with van der Waals surface area (Å²) in [4.78, 5) is 11.9. The Morgan fingerprint density at radius 1 is 1.47 bits per heavy atom. The molecule has 0 unspecified atom stereocenters. The van der Waals surface area contributed by atoms with Crippen LogP contribution in [0.25, 0.3) is 0 Å². The van der Waals surface area contributed by atoms with Crippen molar-refractivity contribution in [1.29, 1.82) is 0 Å². The Morgan fingerprint density at radius 2 is 2.12 bits per heavy atom. The first-order chi connectivity index (χ1) is 7.85. The molecule has 17 heavy (non-hydrogen) atoms. The average molecular weight is 238 g/mol. The summed E-state index contributed by atoms with van der Waals surface area (Å²) in [5.41, 5.74) is 7.54. The molecule has 0 saturated carbocycles. The molecule has 5 nitrogen and oxygen atoms in total. The number of hydrogen-bond donors (Lipinski definition) is 3. The summed E-state index contributed by atoms with van der Waals surface area (Å²) in [5.74, 6) is -0.212. The lowest BCUT2D eigenvalue weighted by molar-refractivity contribution is 0.0935. The van der Waals surface area contributed by atoms with Gasteiger partial charge in [0.15, 0.2) is 5.69 Å². The molecule has 5 heteroatoms. The van der Waals surface area contributed by atoms with Crippen molar-refractivity contribution in [2.24, 2.45) is 5.41 Å². The Hall–Kier alpha value is -1.52. The molecule has 0 aromatic carbocycles. The van der Waals surface area contributed by atoms with Gasteiger partial charge in [-0.2, -0.15) is 5.10 Å². The first-order valence-electron chi connectivity index (χ1n) is 5.96. The van der Waals surface area contributed by atoms with Crippen molar-refractivity contribution in [2.75, 3.05) is 12.3 Å². The largest absolute Gasteiger partial charge is 0.395 e. The van der Waals surface area contributed by atoms with Crippen LogP contribution in [0, 0.1) is 5.41 Å².